The maximum atomic E-state index is 12.7. The molecule has 3 N–H and O–H groups in total. The number of urea groups is 1. The zero-order chi connectivity index (χ0) is 16.0. The van der Waals surface area contributed by atoms with Crippen molar-refractivity contribution < 1.29 is 9.59 Å². The lowest BCUT2D eigenvalue weighted by atomic mass is 9.95. The molecule has 0 bridgehead atoms. The van der Waals surface area contributed by atoms with E-state index in [4.69, 9.17) is 0 Å². The summed E-state index contributed by atoms with van der Waals surface area (Å²) in [4.78, 5) is 24.6. The lowest BCUT2D eigenvalue weighted by Crippen LogP contribution is -2.59. The molecule has 1 aliphatic carbocycles. The van der Waals surface area contributed by atoms with Gasteiger partial charge < -0.3 is 16.0 Å². The van der Waals surface area contributed by atoms with Crippen molar-refractivity contribution in [2.24, 2.45) is 0 Å². The summed E-state index contributed by atoms with van der Waals surface area (Å²) in [6.07, 6.45) is 3.30. The quantitative estimate of drug-likeness (QED) is 0.782. The molecule has 0 heterocycles. The molecule has 0 spiro atoms. The Kier molecular flexibility index (Phi) is 5.41. The fourth-order valence-electron chi connectivity index (χ4n) is 2.97. The SMILES string of the molecule is CCNC(=O)NC1(C(=O)N[C@@H](C)c2ccccc2)CCCC1. The molecule has 1 aromatic rings. The fourth-order valence-corrected chi connectivity index (χ4v) is 2.97. The molecule has 5 nitrogen and oxygen atoms in total. The second-order valence-corrected chi connectivity index (χ2v) is 5.88. The average molecular weight is 303 g/mol. The molecule has 1 aromatic carbocycles. The summed E-state index contributed by atoms with van der Waals surface area (Å²) in [5.74, 6) is -0.0902. The minimum atomic E-state index is -0.776. The molecule has 0 aliphatic heterocycles. The van der Waals surface area contributed by atoms with Crippen LogP contribution in [0.5, 0.6) is 0 Å². The van der Waals surface area contributed by atoms with Crippen molar-refractivity contribution >= 4 is 11.9 Å². The van der Waals surface area contributed by atoms with E-state index in [0.717, 1.165) is 18.4 Å². The van der Waals surface area contributed by atoms with Gasteiger partial charge in [0.05, 0.1) is 6.04 Å². The maximum Gasteiger partial charge on any atom is 0.315 e. The summed E-state index contributed by atoms with van der Waals surface area (Å²) in [7, 11) is 0. The largest absolute Gasteiger partial charge is 0.348 e. The van der Waals surface area contributed by atoms with Crippen molar-refractivity contribution in [3.8, 4) is 0 Å². The Hall–Kier alpha value is -2.04. The van der Waals surface area contributed by atoms with E-state index in [1.54, 1.807) is 0 Å². The van der Waals surface area contributed by atoms with Gasteiger partial charge in [0.2, 0.25) is 5.91 Å². The maximum absolute atomic E-state index is 12.7. The highest BCUT2D eigenvalue weighted by atomic mass is 16.2. The topological polar surface area (TPSA) is 70.2 Å². The monoisotopic (exact) mass is 303 g/mol. The van der Waals surface area contributed by atoms with Crippen LogP contribution in [-0.4, -0.2) is 24.0 Å². The van der Waals surface area contributed by atoms with E-state index in [1.807, 2.05) is 44.2 Å². The van der Waals surface area contributed by atoms with Gasteiger partial charge in [-0.25, -0.2) is 4.79 Å². The second kappa shape index (κ2) is 7.29. The van der Waals surface area contributed by atoms with E-state index < -0.39 is 5.54 Å². The highest BCUT2D eigenvalue weighted by Crippen LogP contribution is 2.30. The minimum absolute atomic E-state index is 0.0813. The van der Waals surface area contributed by atoms with Crippen LogP contribution in [0.25, 0.3) is 0 Å². The number of hydrogen-bond donors (Lipinski definition) is 3. The van der Waals surface area contributed by atoms with E-state index in [9.17, 15) is 9.59 Å². The van der Waals surface area contributed by atoms with Gasteiger partial charge in [0.1, 0.15) is 5.54 Å². The van der Waals surface area contributed by atoms with Gasteiger partial charge in [-0.05, 0) is 32.3 Å². The summed E-state index contributed by atoms with van der Waals surface area (Å²) >= 11 is 0. The van der Waals surface area contributed by atoms with Gasteiger partial charge in [-0.15, -0.1) is 0 Å². The molecule has 120 valence electrons. The number of amides is 3. The van der Waals surface area contributed by atoms with Crippen molar-refractivity contribution in [3.63, 3.8) is 0 Å². The van der Waals surface area contributed by atoms with Gasteiger partial charge in [0.25, 0.3) is 0 Å². The van der Waals surface area contributed by atoms with Crippen molar-refractivity contribution in [1.29, 1.82) is 0 Å². The summed E-state index contributed by atoms with van der Waals surface area (Å²) < 4.78 is 0. The van der Waals surface area contributed by atoms with Crippen LogP contribution in [0.3, 0.4) is 0 Å². The van der Waals surface area contributed by atoms with Crippen molar-refractivity contribution in [2.75, 3.05) is 6.54 Å². The predicted molar refractivity (Wildman–Crippen MR) is 86.4 cm³/mol. The van der Waals surface area contributed by atoms with Gasteiger partial charge in [-0.3, -0.25) is 4.79 Å². The Labute approximate surface area is 131 Å². The van der Waals surface area contributed by atoms with E-state index >= 15 is 0 Å². The number of rotatable bonds is 5. The Morgan fingerprint density at radius 1 is 1.18 bits per heavy atom. The number of hydrogen-bond acceptors (Lipinski definition) is 2. The normalized spacial score (nSPS) is 17.5. The summed E-state index contributed by atoms with van der Waals surface area (Å²) in [5.41, 5.74) is 0.282. The molecule has 5 heteroatoms. The van der Waals surface area contributed by atoms with Crippen LogP contribution >= 0.6 is 0 Å². The van der Waals surface area contributed by atoms with Gasteiger partial charge in [0.15, 0.2) is 0 Å². The van der Waals surface area contributed by atoms with Gasteiger partial charge >= 0.3 is 6.03 Å². The molecule has 2 rings (SSSR count). The Bertz CT molecular complexity index is 510. The van der Waals surface area contributed by atoms with Crippen LogP contribution in [0.15, 0.2) is 30.3 Å². The first-order valence-corrected chi connectivity index (χ1v) is 7.99. The van der Waals surface area contributed by atoms with Crippen molar-refractivity contribution in [1.82, 2.24) is 16.0 Å². The molecule has 1 saturated carbocycles. The zero-order valence-corrected chi connectivity index (χ0v) is 13.3. The summed E-state index contributed by atoms with van der Waals surface area (Å²) in [6, 6.07) is 9.49. The first kappa shape index (κ1) is 16.3. The molecular weight excluding hydrogens is 278 g/mol. The third-order valence-electron chi connectivity index (χ3n) is 4.23. The van der Waals surface area contributed by atoms with Gasteiger partial charge in [-0.2, -0.15) is 0 Å². The molecule has 1 fully saturated rings. The number of benzene rings is 1. The molecule has 1 aliphatic rings. The molecule has 0 radical (unpaired) electrons. The van der Waals surface area contributed by atoms with E-state index in [-0.39, 0.29) is 18.0 Å². The van der Waals surface area contributed by atoms with E-state index in [1.165, 1.54) is 0 Å². The van der Waals surface area contributed by atoms with Crippen molar-refractivity contribution in [3.05, 3.63) is 35.9 Å². The third-order valence-corrected chi connectivity index (χ3v) is 4.23. The van der Waals surface area contributed by atoms with Crippen LogP contribution in [0.2, 0.25) is 0 Å². The van der Waals surface area contributed by atoms with Gasteiger partial charge in [0, 0.05) is 6.54 Å². The predicted octanol–water partition coefficient (Wildman–Crippen LogP) is 2.50. The highest BCUT2D eigenvalue weighted by Gasteiger charge is 2.42. The standard InChI is InChI=1S/C17H25N3O2/c1-3-18-16(22)20-17(11-7-8-12-17)15(21)19-13(2)14-9-5-4-6-10-14/h4-6,9-10,13H,3,7-8,11-12H2,1-2H3,(H,19,21)(H2,18,20,22)/t13-/m0/s1. The Morgan fingerprint density at radius 3 is 2.41 bits per heavy atom. The second-order valence-electron chi connectivity index (χ2n) is 5.88. The van der Waals surface area contributed by atoms with Crippen LogP contribution < -0.4 is 16.0 Å². The Morgan fingerprint density at radius 2 is 1.82 bits per heavy atom. The van der Waals surface area contributed by atoms with Crippen LogP contribution in [0.4, 0.5) is 4.79 Å². The number of carbonyl (C=O) groups is 2. The molecule has 0 unspecified atom stereocenters. The average Bonchev–Trinajstić information content (AvgIpc) is 2.98. The van der Waals surface area contributed by atoms with Crippen LogP contribution in [-0.2, 0) is 4.79 Å². The van der Waals surface area contributed by atoms with Crippen LogP contribution in [0, 0.1) is 0 Å². The molecular formula is C17H25N3O2. The molecule has 0 saturated heterocycles. The van der Waals surface area contributed by atoms with E-state index in [2.05, 4.69) is 16.0 Å². The fraction of sp³-hybridized carbons (Fsp3) is 0.529. The smallest absolute Gasteiger partial charge is 0.315 e. The molecule has 1 atom stereocenters. The first-order chi connectivity index (χ1) is 10.6. The Balaban J connectivity index is 2.05. The van der Waals surface area contributed by atoms with Gasteiger partial charge in [-0.1, -0.05) is 43.2 Å². The summed E-state index contributed by atoms with van der Waals surface area (Å²) in [5, 5.41) is 8.64. The van der Waals surface area contributed by atoms with Crippen LogP contribution in [0.1, 0.15) is 51.1 Å². The summed E-state index contributed by atoms with van der Waals surface area (Å²) in [6.45, 7) is 4.37. The molecule has 0 aromatic heterocycles. The molecule has 3 amide bonds. The van der Waals surface area contributed by atoms with E-state index in [0.29, 0.717) is 19.4 Å². The van der Waals surface area contributed by atoms with Crippen molar-refractivity contribution in [2.45, 2.75) is 51.1 Å². The lowest BCUT2D eigenvalue weighted by Gasteiger charge is -2.30. The minimum Gasteiger partial charge on any atom is -0.348 e. The molecule has 22 heavy (non-hydrogen) atoms. The zero-order valence-electron chi connectivity index (χ0n) is 13.3. The number of nitrogens with one attached hydrogen (secondary N) is 3. The third kappa shape index (κ3) is 3.78. The lowest BCUT2D eigenvalue weighted by molar-refractivity contribution is -0.127. The number of carbonyl (C=O) groups excluding carboxylic acids is 2. The highest BCUT2D eigenvalue weighted by molar-refractivity contribution is 5.91. The first-order valence-electron chi connectivity index (χ1n) is 7.99.